The summed E-state index contributed by atoms with van der Waals surface area (Å²) < 4.78 is 10.6. The molecule has 7 nitrogen and oxygen atoms in total. The van der Waals surface area contributed by atoms with E-state index in [9.17, 15) is 9.59 Å². The Kier molecular flexibility index (Phi) is 8.50. The van der Waals surface area contributed by atoms with E-state index in [-0.39, 0.29) is 10.9 Å². The molecule has 30 heavy (non-hydrogen) atoms. The van der Waals surface area contributed by atoms with E-state index in [0.717, 1.165) is 0 Å². The Bertz CT molecular complexity index is 948. The van der Waals surface area contributed by atoms with Crippen molar-refractivity contribution in [3.8, 4) is 11.5 Å². The number of hydrogen-bond donors (Lipinski definition) is 2. The number of carbonyl (C=O) groups is 2. The summed E-state index contributed by atoms with van der Waals surface area (Å²) in [5, 5.41) is 7.28. The van der Waals surface area contributed by atoms with Crippen molar-refractivity contribution in [2.24, 2.45) is 11.0 Å². The maximum atomic E-state index is 12.6. The molecule has 0 aromatic heterocycles. The zero-order chi connectivity index (χ0) is 22.3. The number of rotatable bonds is 8. The van der Waals surface area contributed by atoms with Crippen molar-refractivity contribution in [2.75, 3.05) is 14.2 Å². The van der Waals surface area contributed by atoms with Crippen molar-refractivity contribution >= 4 is 41.2 Å². The molecule has 0 heterocycles. The van der Waals surface area contributed by atoms with Gasteiger partial charge in [0.05, 0.1) is 30.5 Å². The number of nitrogens with zero attached hydrogens (tertiary/aromatic N) is 1. The van der Waals surface area contributed by atoms with Crippen LogP contribution in [0.1, 0.15) is 29.8 Å². The molecule has 2 N–H and O–H groups in total. The van der Waals surface area contributed by atoms with E-state index in [0.29, 0.717) is 27.6 Å². The summed E-state index contributed by atoms with van der Waals surface area (Å²) in [4.78, 5) is 25.1. The molecular weight excluding hydrogens is 429 g/mol. The first-order valence-corrected chi connectivity index (χ1v) is 9.83. The topological polar surface area (TPSA) is 89.0 Å². The standard InChI is InChI=1S/C21H23Cl2N3O4/c1-12(2)18(25-20(27)13-8-9-15(22)16(23)10-13)21(28)26-24-11-14-6-5-7-17(29-3)19(14)30-4/h5-12,18H,1-4H3,(H,25,27)(H,26,28). The van der Waals surface area contributed by atoms with Gasteiger partial charge >= 0.3 is 0 Å². The van der Waals surface area contributed by atoms with Gasteiger partial charge in [0.25, 0.3) is 11.8 Å². The van der Waals surface area contributed by atoms with Crippen molar-refractivity contribution in [3.63, 3.8) is 0 Å². The molecule has 0 saturated heterocycles. The van der Waals surface area contributed by atoms with Crippen molar-refractivity contribution in [1.29, 1.82) is 0 Å². The highest BCUT2D eigenvalue weighted by atomic mass is 35.5. The van der Waals surface area contributed by atoms with Gasteiger partial charge in [0.1, 0.15) is 6.04 Å². The van der Waals surface area contributed by atoms with E-state index in [1.54, 1.807) is 18.2 Å². The maximum Gasteiger partial charge on any atom is 0.262 e. The third-order valence-electron chi connectivity index (χ3n) is 4.23. The van der Waals surface area contributed by atoms with Gasteiger partial charge in [-0.05, 0) is 36.2 Å². The summed E-state index contributed by atoms with van der Waals surface area (Å²) in [6.45, 7) is 3.63. The fourth-order valence-electron chi connectivity index (χ4n) is 2.65. The largest absolute Gasteiger partial charge is 0.493 e. The first kappa shape index (κ1) is 23.5. The smallest absolute Gasteiger partial charge is 0.262 e. The number of methoxy groups -OCH3 is 2. The van der Waals surface area contributed by atoms with E-state index < -0.39 is 17.9 Å². The summed E-state index contributed by atoms with van der Waals surface area (Å²) in [6.07, 6.45) is 1.44. The Hall–Kier alpha value is -2.77. The van der Waals surface area contributed by atoms with Crippen LogP contribution in [0.15, 0.2) is 41.5 Å². The number of nitrogens with one attached hydrogen (secondary N) is 2. The molecule has 1 atom stereocenters. The Morgan fingerprint density at radius 2 is 1.80 bits per heavy atom. The first-order valence-electron chi connectivity index (χ1n) is 9.08. The van der Waals surface area contributed by atoms with Gasteiger partial charge in [0.2, 0.25) is 0 Å². The van der Waals surface area contributed by atoms with Crippen LogP contribution in [0, 0.1) is 5.92 Å². The average Bonchev–Trinajstić information content (AvgIpc) is 2.73. The molecule has 2 amide bonds. The molecule has 2 aromatic rings. The van der Waals surface area contributed by atoms with Crippen molar-refractivity contribution in [2.45, 2.75) is 19.9 Å². The number of halogens is 2. The third kappa shape index (κ3) is 5.87. The lowest BCUT2D eigenvalue weighted by atomic mass is 10.0. The molecule has 160 valence electrons. The quantitative estimate of drug-likeness (QED) is 0.470. The van der Waals surface area contributed by atoms with Gasteiger partial charge in [-0.3, -0.25) is 9.59 Å². The minimum absolute atomic E-state index is 0.182. The number of hydrazone groups is 1. The van der Waals surface area contributed by atoms with Gasteiger partial charge in [0, 0.05) is 11.1 Å². The van der Waals surface area contributed by atoms with Crippen LogP contribution in [-0.2, 0) is 4.79 Å². The highest BCUT2D eigenvalue weighted by Gasteiger charge is 2.24. The van der Waals surface area contributed by atoms with E-state index >= 15 is 0 Å². The molecule has 2 rings (SSSR count). The van der Waals surface area contributed by atoms with Gasteiger partial charge in [-0.1, -0.05) is 43.1 Å². The molecule has 0 radical (unpaired) electrons. The molecule has 2 aromatic carbocycles. The molecule has 0 bridgehead atoms. The summed E-state index contributed by atoms with van der Waals surface area (Å²) in [7, 11) is 3.05. The summed E-state index contributed by atoms with van der Waals surface area (Å²) >= 11 is 11.8. The minimum Gasteiger partial charge on any atom is -0.493 e. The molecule has 0 aliphatic rings. The predicted octanol–water partition coefficient (Wildman–Crippen LogP) is 3.92. The van der Waals surface area contributed by atoms with E-state index in [1.165, 1.54) is 38.6 Å². The molecule has 0 spiro atoms. The molecule has 0 aliphatic carbocycles. The minimum atomic E-state index is -0.809. The second kappa shape index (κ2) is 10.8. The van der Waals surface area contributed by atoms with Crippen molar-refractivity contribution < 1.29 is 19.1 Å². The fourth-order valence-corrected chi connectivity index (χ4v) is 2.94. The summed E-state index contributed by atoms with van der Waals surface area (Å²) in [5.41, 5.74) is 3.37. The van der Waals surface area contributed by atoms with Gasteiger partial charge in [-0.2, -0.15) is 5.10 Å². The second-order valence-corrected chi connectivity index (χ2v) is 7.46. The van der Waals surface area contributed by atoms with E-state index in [4.69, 9.17) is 32.7 Å². The number of benzene rings is 2. The van der Waals surface area contributed by atoms with E-state index in [1.807, 2.05) is 13.8 Å². The van der Waals surface area contributed by atoms with Crippen LogP contribution in [0.3, 0.4) is 0 Å². The van der Waals surface area contributed by atoms with Crippen LogP contribution in [0.4, 0.5) is 0 Å². The number of hydrogen-bond acceptors (Lipinski definition) is 5. The lowest BCUT2D eigenvalue weighted by molar-refractivity contribution is -0.123. The van der Waals surface area contributed by atoms with E-state index in [2.05, 4.69) is 15.8 Å². The Balaban J connectivity index is 2.10. The summed E-state index contributed by atoms with van der Waals surface area (Å²) in [5.74, 6) is -0.0521. The van der Waals surface area contributed by atoms with Gasteiger partial charge in [-0.25, -0.2) is 5.43 Å². The van der Waals surface area contributed by atoms with Crippen LogP contribution >= 0.6 is 23.2 Å². The van der Waals surface area contributed by atoms with Crippen LogP contribution in [-0.4, -0.2) is 38.3 Å². The predicted molar refractivity (Wildman–Crippen MR) is 118 cm³/mol. The molecular formula is C21H23Cl2N3O4. The SMILES string of the molecule is COc1cccc(C=NNC(=O)C(NC(=O)c2ccc(Cl)c(Cl)c2)C(C)C)c1OC. The van der Waals surface area contributed by atoms with Crippen LogP contribution in [0.2, 0.25) is 10.0 Å². The molecule has 0 saturated carbocycles. The molecule has 9 heteroatoms. The molecule has 0 aliphatic heterocycles. The lowest BCUT2D eigenvalue weighted by Gasteiger charge is -2.20. The molecule has 0 fully saturated rings. The van der Waals surface area contributed by atoms with Crippen LogP contribution in [0.25, 0.3) is 0 Å². The van der Waals surface area contributed by atoms with Crippen molar-refractivity contribution in [3.05, 3.63) is 57.6 Å². The van der Waals surface area contributed by atoms with Gasteiger partial charge < -0.3 is 14.8 Å². The zero-order valence-corrected chi connectivity index (χ0v) is 18.5. The Morgan fingerprint density at radius 1 is 1.07 bits per heavy atom. The monoisotopic (exact) mass is 451 g/mol. The third-order valence-corrected chi connectivity index (χ3v) is 4.97. The highest BCUT2D eigenvalue weighted by Crippen LogP contribution is 2.29. The Morgan fingerprint density at radius 3 is 2.40 bits per heavy atom. The zero-order valence-electron chi connectivity index (χ0n) is 17.0. The number of ether oxygens (including phenoxy) is 2. The maximum absolute atomic E-state index is 12.6. The van der Waals surface area contributed by atoms with Crippen LogP contribution in [0.5, 0.6) is 11.5 Å². The van der Waals surface area contributed by atoms with Gasteiger partial charge in [0.15, 0.2) is 11.5 Å². The number of para-hydroxylation sites is 1. The fraction of sp³-hybridized carbons (Fsp3) is 0.286. The highest BCUT2D eigenvalue weighted by molar-refractivity contribution is 6.42. The lowest BCUT2D eigenvalue weighted by Crippen LogP contribution is -2.48. The first-order chi connectivity index (χ1) is 14.3. The molecule has 1 unspecified atom stereocenters. The average molecular weight is 452 g/mol. The second-order valence-electron chi connectivity index (χ2n) is 6.64. The summed E-state index contributed by atoms with van der Waals surface area (Å²) in [6, 6.07) is 8.99. The van der Waals surface area contributed by atoms with Crippen molar-refractivity contribution in [1.82, 2.24) is 10.7 Å². The Labute approximate surface area is 185 Å². The number of amides is 2. The van der Waals surface area contributed by atoms with Gasteiger partial charge in [-0.15, -0.1) is 0 Å². The normalized spacial score (nSPS) is 12.0. The number of carbonyl (C=O) groups excluding carboxylic acids is 2. The van der Waals surface area contributed by atoms with Crippen LogP contribution < -0.4 is 20.2 Å².